The number of H-pyrrole nitrogens is 2. The Bertz CT molecular complexity index is 970. The molecule has 25 heavy (non-hydrogen) atoms. The van der Waals surface area contributed by atoms with Crippen molar-refractivity contribution in [3.63, 3.8) is 0 Å². The lowest BCUT2D eigenvalue weighted by Crippen LogP contribution is -2.43. The maximum absolute atomic E-state index is 12.6. The molecule has 2 heterocycles. The average molecular weight is 341 g/mol. The molecule has 1 aromatic carbocycles. The highest BCUT2D eigenvalue weighted by Crippen LogP contribution is 2.23. The van der Waals surface area contributed by atoms with Gasteiger partial charge >= 0.3 is 11.4 Å². The standard InChI is InChI=1S/C19H23N3O3/c1-11(2)7-17-18(23)21-16(19(25-4)22(17)24)9-13-10-20-15-6-5-12(3)8-14(13)15/h5-6,8,10-11,20H,7,9H2,1-4H3,(H,21,23). The Morgan fingerprint density at radius 2 is 2.08 bits per heavy atom. The Morgan fingerprint density at radius 3 is 2.76 bits per heavy atom. The lowest BCUT2D eigenvalue weighted by atomic mass is 10.1. The molecule has 0 saturated heterocycles. The zero-order chi connectivity index (χ0) is 18.1. The maximum Gasteiger partial charge on any atom is 0.400 e. The van der Waals surface area contributed by atoms with Crippen molar-refractivity contribution in [2.45, 2.75) is 33.6 Å². The fraction of sp³-hybridized carbons (Fsp3) is 0.368. The van der Waals surface area contributed by atoms with E-state index in [-0.39, 0.29) is 23.1 Å². The third kappa shape index (κ3) is 3.24. The van der Waals surface area contributed by atoms with Gasteiger partial charge in [0.2, 0.25) is 0 Å². The molecule has 6 heteroatoms. The normalized spacial score (nSPS) is 11.4. The fourth-order valence-corrected chi connectivity index (χ4v) is 3.12. The van der Waals surface area contributed by atoms with Crippen molar-refractivity contribution in [2.24, 2.45) is 5.92 Å². The molecule has 6 nitrogen and oxygen atoms in total. The third-order valence-electron chi connectivity index (χ3n) is 4.30. The maximum atomic E-state index is 12.6. The molecule has 2 N–H and O–H groups in total. The van der Waals surface area contributed by atoms with E-state index in [0.717, 1.165) is 22.0 Å². The first-order chi connectivity index (χ1) is 11.9. The van der Waals surface area contributed by atoms with E-state index in [1.165, 1.54) is 7.11 Å². The molecule has 0 radical (unpaired) electrons. The molecule has 0 bridgehead atoms. The minimum absolute atomic E-state index is 0.150. The van der Waals surface area contributed by atoms with Crippen molar-refractivity contribution in [1.82, 2.24) is 9.97 Å². The second kappa shape index (κ2) is 6.63. The fourth-order valence-electron chi connectivity index (χ4n) is 3.12. The molecule has 3 aromatic rings. The van der Waals surface area contributed by atoms with E-state index >= 15 is 0 Å². The van der Waals surface area contributed by atoms with Gasteiger partial charge in [-0.3, -0.25) is 4.79 Å². The van der Waals surface area contributed by atoms with Crippen molar-refractivity contribution >= 4 is 10.9 Å². The molecule has 2 aromatic heterocycles. The van der Waals surface area contributed by atoms with Crippen LogP contribution in [0.5, 0.6) is 5.88 Å². The summed E-state index contributed by atoms with van der Waals surface area (Å²) in [4.78, 5) is 18.4. The van der Waals surface area contributed by atoms with Crippen LogP contribution in [-0.4, -0.2) is 17.1 Å². The van der Waals surface area contributed by atoms with Gasteiger partial charge in [-0.25, -0.2) is 0 Å². The van der Waals surface area contributed by atoms with E-state index in [9.17, 15) is 10.0 Å². The van der Waals surface area contributed by atoms with Gasteiger partial charge in [0.25, 0.3) is 5.69 Å². The van der Waals surface area contributed by atoms with Crippen LogP contribution in [0.25, 0.3) is 10.9 Å². The SMILES string of the molecule is COc1c(Cc2c[nH]c3ccc(C)cc23)[nH]c(=O)c(CC(C)C)[n+]1[O-]. The number of methoxy groups -OCH3 is 1. The summed E-state index contributed by atoms with van der Waals surface area (Å²) >= 11 is 0. The summed E-state index contributed by atoms with van der Waals surface area (Å²) in [5.41, 5.74) is 3.50. The molecular formula is C19H23N3O3. The van der Waals surface area contributed by atoms with Gasteiger partial charge in [0.15, 0.2) is 0 Å². The van der Waals surface area contributed by atoms with Gasteiger partial charge in [0.05, 0.1) is 7.11 Å². The highest BCUT2D eigenvalue weighted by Gasteiger charge is 2.24. The van der Waals surface area contributed by atoms with Gasteiger partial charge in [-0.15, -0.1) is 4.73 Å². The Balaban J connectivity index is 2.07. The smallest absolute Gasteiger partial charge is 0.400 e. The van der Waals surface area contributed by atoms with Crippen molar-refractivity contribution in [3.8, 4) is 5.88 Å². The second-order valence-electron chi connectivity index (χ2n) is 6.82. The van der Waals surface area contributed by atoms with Crippen LogP contribution in [0, 0.1) is 18.0 Å². The van der Waals surface area contributed by atoms with E-state index in [1.807, 2.05) is 39.1 Å². The number of aryl methyl sites for hydroxylation is 1. The number of fused-ring (bicyclic) bond motifs is 1. The monoisotopic (exact) mass is 341 g/mol. The average Bonchev–Trinajstić information content (AvgIpc) is 2.94. The van der Waals surface area contributed by atoms with Gasteiger partial charge in [0.1, 0.15) is 5.69 Å². The zero-order valence-electron chi connectivity index (χ0n) is 15.0. The van der Waals surface area contributed by atoms with Crippen LogP contribution >= 0.6 is 0 Å². The Labute approximate surface area is 146 Å². The number of benzene rings is 1. The van der Waals surface area contributed by atoms with E-state index in [1.54, 1.807) is 0 Å². The first-order valence-electron chi connectivity index (χ1n) is 8.39. The summed E-state index contributed by atoms with van der Waals surface area (Å²) < 4.78 is 5.94. The minimum atomic E-state index is -0.351. The van der Waals surface area contributed by atoms with Crippen LogP contribution in [0.15, 0.2) is 29.2 Å². The van der Waals surface area contributed by atoms with E-state index in [4.69, 9.17) is 4.74 Å². The number of aromatic amines is 2. The van der Waals surface area contributed by atoms with E-state index in [2.05, 4.69) is 16.0 Å². The van der Waals surface area contributed by atoms with Gasteiger partial charge in [-0.2, -0.15) is 0 Å². The van der Waals surface area contributed by atoms with Crippen LogP contribution in [0.2, 0.25) is 0 Å². The van der Waals surface area contributed by atoms with Crippen molar-refractivity contribution in [2.75, 3.05) is 7.11 Å². The Hall–Kier alpha value is -2.76. The summed E-state index contributed by atoms with van der Waals surface area (Å²) in [6.45, 7) is 5.97. The highest BCUT2D eigenvalue weighted by atomic mass is 16.5. The molecular weight excluding hydrogens is 318 g/mol. The molecule has 0 aliphatic heterocycles. The van der Waals surface area contributed by atoms with Gasteiger partial charge in [-0.05, 0) is 30.5 Å². The number of ether oxygens (including phenoxy) is 1. The minimum Gasteiger partial charge on any atom is -0.616 e. The number of nitrogens with zero attached hydrogens (tertiary/aromatic N) is 1. The first kappa shape index (κ1) is 17.1. The summed E-state index contributed by atoms with van der Waals surface area (Å²) in [7, 11) is 1.45. The van der Waals surface area contributed by atoms with Crippen molar-refractivity contribution < 1.29 is 9.47 Å². The summed E-state index contributed by atoms with van der Waals surface area (Å²) in [6, 6.07) is 6.15. The Kier molecular flexibility index (Phi) is 4.53. The van der Waals surface area contributed by atoms with Crippen LogP contribution in [0.3, 0.4) is 0 Å². The molecule has 0 unspecified atom stereocenters. The first-order valence-corrected chi connectivity index (χ1v) is 8.39. The molecule has 0 fully saturated rings. The van der Waals surface area contributed by atoms with Gasteiger partial charge in [-0.1, -0.05) is 25.5 Å². The Morgan fingerprint density at radius 1 is 1.32 bits per heavy atom. The number of hydrogen-bond acceptors (Lipinski definition) is 3. The zero-order valence-corrected chi connectivity index (χ0v) is 15.0. The second-order valence-corrected chi connectivity index (χ2v) is 6.82. The summed E-state index contributed by atoms with van der Waals surface area (Å²) in [5.74, 6) is 0.353. The number of nitrogens with one attached hydrogen (secondary N) is 2. The summed E-state index contributed by atoms with van der Waals surface area (Å²) in [5, 5.41) is 13.7. The molecule has 0 atom stereocenters. The van der Waals surface area contributed by atoms with Crippen molar-refractivity contribution in [3.05, 3.63) is 62.5 Å². The van der Waals surface area contributed by atoms with Gasteiger partial charge < -0.3 is 19.9 Å². The van der Waals surface area contributed by atoms with Crippen LogP contribution in [0.1, 0.15) is 36.4 Å². The van der Waals surface area contributed by atoms with Crippen LogP contribution in [-0.2, 0) is 12.8 Å². The summed E-state index contributed by atoms with van der Waals surface area (Å²) in [6.07, 6.45) is 2.72. The molecule has 0 aliphatic rings. The van der Waals surface area contributed by atoms with Gasteiger partial charge in [0, 0.05) is 29.9 Å². The number of hydrogen-bond donors (Lipinski definition) is 2. The van der Waals surface area contributed by atoms with Crippen molar-refractivity contribution in [1.29, 1.82) is 0 Å². The molecule has 0 aliphatic carbocycles. The largest absolute Gasteiger partial charge is 0.616 e. The molecule has 3 rings (SSSR count). The highest BCUT2D eigenvalue weighted by molar-refractivity contribution is 5.84. The number of rotatable bonds is 5. The predicted molar refractivity (Wildman–Crippen MR) is 97.0 cm³/mol. The molecule has 0 saturated carbocycles. The number of aromatic nitrogens is 3. The molecule has 132 valence electrons. The topological polar surface area (TPSA) is 84.8 Å². The predicted octanol–water partition coefficient (Wildman–Crippen LogP) is 2.60. The van der Waals surface area contributed by atoms with Crippen LogP contribution < -0.4 is 15.0 Å². The third-order valence-corrected chi connectivity index (χ3v) is 4.30. The van der Waals surface area contributed by atoms with Crippen LogP contribution in [0.4, 0.5) is 0 Å². The lowest BCUT2D eigenvalue weighted by molar-refractivity contribution is -0.622. The molecule has 0 amide bonds. The molecule has 0 spiro atoms. The van der Waals surface area contributed by atoms with E-state index < -0.39 is 0 Å². The lowest BCUT2D eigenvalue weighted by Gasteiger charge is -2.12. The van der Waals surface area contributed by atoms with E-state index in [0.29, 0.717) is 23.3 Å². The quantitative estimate of drug-likeness (QED) is 0.552.